The molecule has 2 N–H and O–H groups in total. The summed E-state index contributed by atoms with van der Waals surface area (Å²) in [5.74, 6) is 0.357. The summed E-state index contributed by atoms with van der Waals surface area (Å²) >= 11 is 2.12. The number of nitrogens with one attached hydrogen (secondary N) is 2. The van der Waals surface area contributed by atoms with Crippen LogP contribution in [0.3, 0.4) is 0 Å². The molecule has 0 spiro atoms. The molecule has 0 aromatic heterocycles. The average Bonchev–Trinajstić information content (AvgIpc) is 2.62. The Morgan fingerprint density at radius 3 is 2.52 bits per heavy atom. The van der Waals surface area contributed by atoms with Gasteiger partial charge in [0, 0.05) is 23.4 Å². The number of amides is 2. The maximum Gasteiger partial charge on any atom is 0.255 e. The van der Waals surface area contributed by atoms with Crippen LogP contribution in [-0.4, -0.2) is 25.5 Å². The summed E-state index contributed by atoms with van der Waals surface area (Å²) in [5.41, 5.74) is 1.64. The first-order valence-corrected chi connectivity index (χ1v) is 9.16. The molecule has 0 radical (unpaired) electrons. The van der Waals surface area contributed by atoms with Crippen LogP contribution in [0.1, 0.15) is 40.5 Å². The minimum absolute atomic E-state index is 0.136. The van der Waals surface area contributed by atoms with E-state index in [0.29, 0.717) is 23.4 Å². The van der Waals surface area contributed by atoms with Crippen LogP contribution in [0.15, 0.2) is 42.5 Å². The van der Waals surface area contributed by atoms with Crippen molar-refractivity contribution in [1.29, 1.82) is 0 Å². The Morgan fingerprint density at radius 1 is 1.08 bits per heavy atom. The van der Waals surface area contributed by atoms with Crippen LogP contribution in [0, 0.1) is 3.57 Å². The Labute approximate surface area is 161 Å². The molecule has 5 nitrogen and oxygen atoms in total. The van der Waals surface area contributed by atoms with Gasteiger partial charge in [-0.05, 0) is 65.4 Å². The predicted octanol–water partition coefficient (Wildman–Crippen LogP) is 4.08. The number of unbranched alkanes of at least 4 members (excludes halogenated alkanes) is 1. The van der Waals surface area contributed by atoms with Crippen molar-refractivity contribution < 1.29 is 14.3 Å². The highest BCUT2D eigenvalue weighted by Crippen LogP contribution is 2.22. The van der Waals surface area contributed by atoms with Gasteiger partial charge >= 0.3 is 0 Å². The average molecular weight is 452 g/mol. The van der Waals surface area contributed by atoms with E-state index in [9.17, 15) is 9.59 Å². The molecular weight excluding hydrogens is 431 g/mol. The normalized spacial score (nSPS) is 10.2. The van der Waals surface area contributed by atoms with Gasteiger partial charge in [-0.2, -0.15) is 0 Å². The number of hydrogen-bond acceptors (Lipinski definition) is 3. The van der Waals surface area contributed by atoms with Gasteiger partial charge in [0.2, 0.25) is 0 Å². The number of carbonyl (C=O) groups excluding carboxylic acids is 2. The molecule has 0 saturated heterocycles. The molecule has 132 valence electrons. The molecule has 0 bridgehead atoms. The lowest BCUT2D eigenvalue weighted by Gasteiger charge is -2.09. The van der Waals surface area contributed by atoms with Crippen molar-refractivity contribution in [2.75, 3.05) is 19.0 Å². The predicted molar refractivity (Wildman–Crippen MR) is 107 cm³/mol. The van der Waals surface area contributed by atoms with Crippen molar-refractivity contribution in [2.24, 2.45) is 0 Å². The number of rotatable bonds is 7. The monoisotopic (exact) mass is 452 g/mol. The van der Waals surface area contributed by atoms with E-state index < -0.39 is 0 Å². The molecule has 2 rings (SSSR count). The number of halogens is 1. The van der Waals surface area contributed by atoms with Gasteiger partial charge in [-0.25, -0.2) is 0 Å². The highest BCUT2D eigenvalue weighted by atomic mass is 127. The SMILES string of the molecule is CCCCNC(=O)c1cccc(NC(=O)c2ccc(OC)c(I)c2)c1. The van der Waals surface area contributed by atoms with Crippen molar-refractivity contribution >= 4 is 40.1 Å². The first kappa shape index (κ1) is 19.2. The second kappa shape index (κ2) is 9.41. The zero-order valence-corrected chi connectivity index (χ0v) is 16.4. The van der Waals surface area contributed by atoms with Gasteiger partial charge in [-0.15, -0.1) is 0 Å². The Bertz CT molecular complexity index is 762. The van der Waals surface area contributed by atoms with E-state index in [1.807, 2.05) is 0 Å². The van der Waals surface area contributed by atoms with E-state index in [1.54, 1.807) is 49.6 Å². The van der Waals surface area contributed by atoms with Crippen LogP contribution in [0.2, 0.25) is 0 Å². The Kier molecular flexibility index (Phi) is 7.24. The third-order valence-corrected chi connectivity index (χ3v) is 4.46. The third-order valence-electron chi connectivity index (χ3n) is 3.61. The van der Waals surface area contributed by atoms with Gasteiger partial charge in [-0.1, -0.05) is 19.4 Å². The quantitative estimate of drug-likeness (QED) is 0.492. The number of benzene rings is 2. The van der Waals surface area contributed by atoms with Crippen LogP contribution in [0.5, 0.6) is 5.75 Å². The maximum absolute atomic E-state index is 12.4. The molecule has 2 aromatic rings. The molecule has 0 heterocycles. The molecule has 0 saturated carbocycles. The van der Waals surface area contributed by atoms with Crippen LogP contribution >= 0.6 is 22.6 Å². The molecule has 0 aliphatic carbocycles. The molecule has 0 fully saturated rings. The number of hydrogen-bond donors (Lipinski definition) is 2. The number of ether oxygens (including phenoxy) is 1. The fourth-order valence-electron chi connectivity index (χ4n) is 2.23. The molecule has 25 heavy (non-hydrogen) atoms. The molecule has 6 heteroatoms. The number of methoxy groups -OCH3 is 1. The molecule has 0 aliphatic heterocycles. The van der Waals surface area contributed by atoms with E-state index in [-0.39, 0.29) is 11.8 Å². The largest absolute Gasteiger partial charge is 0.496 e. The Morgan fingerprint density at radius 2 is 1.84 bits per heavy atom. The number of anilines is 1. The van der Waals surface area contributed by atoms with Gasteiger partial charge in [-0.3, -0.25) is 9.59 Å². The van der Waals surface area contributed by atoms with Gasteiger partial charge < -0.3 is 15.4 Å². The van der Waals surface area contributed by atoms with E-state index in [4.69, 9.17) is 4.74 Å². The molecule has 0 unspecified atom stereocenters. The minimum Gasteiger partial charge on any atom is -0.496 e. The summed E-state index contributed by atoms with van der Waals surface area (Å²) < 4.78 is 6.05. The van der Waals surface area contributed by atoms with Gasteiger partial charge in [0.25, 0.3) is 11.8 Å². The molecule has 2 amide bonds. The van der Waals surface area contributed by atoms with Crippen molar-refractivity contribution in [3.8, 4) is 5.75 Å². The van der Waals surface area contributed by atoms with Crippen LogP contribution in [0.4, 0.5) is 5.69 Å². The first-order valence-electron chi connectivity index (χ1n) is 8.08. The van der Waals surface area contributed by atoms with E-state index in [2.05, 4.69) is 40.1 Å². The van der Waals surface area contributed by atoms with E-state index in [0.717, 1.165) is 22.2 Å². The van der Waals surface area contributed by atoms with Gasteiger partial charge in [0.15, 0.2) is 0 Å². The summed E-state index contributed by atoms with van der Waals surface area (Å²) in [6.07, 6.45) is 1.97. The fourth-order valence-corrected chi connectivity index (χ4v) is 2.97. The lowest BCUT2D eigenvalue weighted by Crippen LogP contribution is -2.24. The van der Waals surface area contributed by atoms with E-state index in [1.165, 1.54) is 0 Å². The summed E-state index contributed by atoms with van der Waals surface area (Å²) in [6.45, 7) is 2.72. The van der Waals surface area contributed by atoms with Crippen molar-refractivity contribution in [3.05, 3.63) is 57.2 Å². The van der Waals surface area contributed by atoms with Crippen molar-refractivity contribution in [2.45, 2.75) is 19.8 Å². The Balaban J connectivity index is 2.07. The summed E-state index contributed by atoms with van der Waals surface area (Å²) in [4.78, 5) is 24.5. The number of carbonyl (C=O) groups is 2. The second-order valence-electron chi connectivity index (χ2n) is 5.49. The van der Waals surface area contributed by atoms with Crippen LogP contribution in [-0.2, 0) is 0 Å². The molecule has 2 aromatic carbocycles. The smallest absolute Gasteiger partial charge is 0.255 e. The molecule has 0 aliphatic rings. The van der Waals surface area contributed by atoms with Gasteiger partial charge in [0.1, 0.15) is 5.75 Å². The zero-order valence-electron chi connectivity index (χ0n) is 14.3. The lowest BCUT2D eigenvalue weighted by atomic mass is 10.1. The van der Waals surface area contributed by atoms with Crippen LogP contribution in [0.25, 0.3) is 0 Å². The topological polar surface area (TPSA) is 67.4 Å². The molecule has 0 atom stereocenters. The summed E-state index contributed by atoms with van der Waals surface area (Å²) in [7, 11) is 1.59. The maximum atomic E-state index is 12.4. The standard InChI is InChI=1S/C19H21IN2O3/c1-3-4-10-21-18(23)13-6-5-7-15(11-13)22-19(24)14-8-9-17(25-2)16(20)12-14/h5-9,11-12H,3-4,10H2,1-2H3,(H,21,23)(H,22,24). The fraction of sp³-hybridized carbons (Fsp3) is 0.263. The molecular formula is C19H21IN2O3. The first-order chi connectivity index (χ1) is 12.0. The highest BCUT2D eigenvalue weighted by Gasteiger charge is 2.11. The van der Waals surface area contributed by atoms with E-state index >= 15 is 0 Å². The highest BCUT2D eigenvalue weighted by molar-refractivity contribution is 14.1. The van der Waals surface area contributed by atoms with Crippen molar-refractivity contribution in [1.82, 2.24) is 5.32 Å². The summed E-state index contributed by atoms with van der Waals surface area (Å²) in [6, 6.07) is 12.1. The van der Waals surface area contributed by atoms with Gasteiger partial charge in [0.05, 0.1) is 10.7 Å². The minimum atomic E-state index is -0.232. The van der Waals surface area contributed by atoms with Crippen LogP contribution < -0.4 is 15.4 Å². The summed E-state index contributed by atoms with van der Waals surface area (Å²) in [5, 5.41) is 5.69. The lowest BCUT2D eigenvalue weighted by molar-refractivity contribution is 0.0951. The second-order valence-corrected chi connectivity index (χ2v) is 6.66. The third kappa shape index (κ3) is 5.45. The Hall–Kier alpha value is -2.09. The zero-order chi connectivity index (χ0) is 18.2. The van der Waals surface area contributed by atoms with Crippen molar-refractivity contribution in [3.63, 3.8) is 0 Å².